The summed E-state index contributed by atoms with van der Waals surface area (Å²) in [5, 5.41) is 2.53. The van der Waals surface area contributed by atoms with Crippen LogP contribution in [0.3, 0.4) is 0 Å². The quantitative estimate of drug-likeness (QED) is 0.309. The Morgan fingerprint density at radius 3 is 2.24 bits per heavy atom. The Bertz CT molecular complexity index is 541. The zero-order valence-corrected chi connectivity index (χ0v) is 14.4. The second kappa shape index (κ2) is 12.5. The average Bonchev–Trinajstić information content (AvgIpc) is 2.60. The molecule has 25 heavy (non-hydrogen) atoms. The first-order valence-electron chi connectivity index (χ1n) is 7.61. The van der Waals surface area contributed by atoms with Crippen LogP contribution in [-0.4, -0.2) is 61.5 Å². The minimum Gasteiger partial charge on any atom is -0.462 e. The number of rotatable bonds is 12. The molecular formula is C17H24N2O6. The first-order valence-corrected chi connectivity index (χ1v) is 7.61. The van der Waals surface area contributed by atoms with Crippen LogP contribution < -0.4 is 5.32 Å². The maximum Gasteiger partial charge on any atom is 0.333 e. The van der Waals surface area contributed by atoms with Crippen molar-refractivity contribution in [2.24, 2.45) is 0 Å². The van der Waals surface area contributed by atoms with Gasteiger partial charge in [0.25, 0.3) is 0 Å². The van der Waals surface area contributed by atoms with Gasteiger partial charge in [-0.1, -0.05) is 19.7 Å². The van der Waals surface area contributed by atoms with Gasteiger partial charge in [0.05, 0.1) is 6.42 Å². The number of hydrogen-bond donors (Lipinski definition) is 1. The van der Waals surface area contributed by atoms with Crippen molar-refractivity contribution in [3.63, 3.8) is 0 Å². The molecule has 8 nitrogen and oxygen atoms in total. The number of nitrogens with one attached hydrogen (secondary N) is 1. The Kier molecular flexibility index (Phi) is 11.1. The van der Waals surface area contributed by atoms with Crippen molar-refractivity contribution in [2.45, 2.75) is 13.3 Å². The third kappa shape index (κ3) is 10.5. The minimum atomic E-state index is -0.555. The molecule has 0 saturated heterocycles. The molecule has 0 aromatic carbocycles. The number of amides is 2. The molecule has 0 radical (unpaired) electrons. The van der Waals surface area contributed by atoms with Crippen LogP contribution in [-0.2, 0) is 28.7 Å². The Hall–Kier alpha value is -2.90. The van der Waals surface area contributed by atoms with Crippen molar-refractivity contribution in [1.82, 2.24) is 10.2 Å². The number of ether oxygens (including phenoxy) is 2. The Morgan fingerprint density at radius 1 is 1.04 bits per heavy atom. The molecule has 0 aliphatic rings. The van der Waals surface area contributed by atoms with E-state index in [2.05, 4.69) is 25.1 Å². The van der Waals surface area contributed by atoms with Gasteiger partial charge in [-0.3, -0.25) is 14.4 Å². The standard InChI is InChI=1S/C17H24N2O6/c1-5-14(20)18-8-10-19(15(21)6-2)9-7-16(22)24-11-12-25-17(23)13(3)4/h5-6H,1-3,7-12H2,4H3,(H,18,20). The Morgan fingerprint density at radius 2 is 1.68 bits per heavy atom. The molecule has 0 bridgehead atoms. The molecule has 0 atom stereocenters. The van der Waals surface area contributed by atoms with Crippen LogP contribution in [0.25, 0.3) is 0 Å². The van der Waals surface area contributed by atoms with Crippen LogP contribution in [0.2, 0.25) is 0 Å². The van der Waals surface area contributed by atoms with E-state index in [1.54, 1.807) is 0 Å². The third-order valence-corrected chi connectivity index (χ3v) is 2.87. The van der Waals surface area contributed by atoms with Crippen molar-refractivity contribution in [2.75, 3.05) is 32.8 Å². The number of nitrogens with zero attached hydrogens (tertiary/aromatic N) is 1. The van der Waals surface area contributed by atoms with Crippen LogP contribution in [0.1, 0.15) is 13.3 Å². The summed E-state index contributed by atoms with van der Waals surface area (Å²) in [4.78, 5) is 46.9. The number of carbonyl (C=O) groups is 4. The van der Waals surface area contributed by atoms with Crippen molar-refractivity contribution >= 4 is 23.8 Å². The Labute approximate surface area is 147 Å². The molecule has 0 spiro atoms. The summed E-state index contributed by atoms with van der Waals surface area (Å²) in [6, 6.07) is 0. The van der Waals surface area contributed by atoms with E-state index in [0.717, 1.165) is 12.2 Å². The van der Waals surface area contributed by atoms with E-state index >= 15 is 0 Å². The number of hydrogen-bond acceptors (Lipinski definition) is 6. The normalized spacial score (nSPS) is 9.48. The van der Waals surface area contributed by atoms with Gasteiger partial charge in [-0.2, -0.15) is 0 Å². The fourth-order valence-corrected chi connectivity index (χ4v) is 1.56. The molecule has 0 rings (SSSR count). The molecule has 0 aliphatic carbocycles. The molecule has 0 aromatic heterocycles. The van der Waals surface area contributed by atoms with E-state index in [0.29, 0.717) is 0 Å². The highest BCUT2D eigenvalue weighted by Gasteiger charge is 2.13. The van der Waals surface area contributed by atoms with Crippen LogP contribution in [0.5, 0.6) is 0 Å². The van der Waals surface area contributed by atoms with Gasteiger partial charge in [-0.15, -0.1) is 0 Å². The Balaban J connectivity index is 4.15. The summed E-state index contributed by atoms with van der Waals surface area (Å²) in [5.74, 6) is -1.81. The van der Waals surface area contributed by atoms with Gasteiger partial charge < -0.3 is 19.7 Å². The van der Waals surface area contributed by atoms with Crippen molar-refractivity contribution in [3.8, 4) is 0 Å². The molecule has 0 aliphatic heterocycles. The predicted molar refractivity (Wildman–Crippen MR) is 91.3 cm³/mol. The average molecular weight is 352 g/mol. The summed E-state index contributed by atoms with van der Waals surface area (Å²) in [6.07, 6.45) is 2.21. The zero-order valence-electron chi connectivity index (χ0n) is 14.4. The van der Waals surface area contributed by atoms with Gasteiger partial charge in [-0.05, 0) is 19.1 Å². The molecule has 1 N–H and O–H groups in total. The van der Waals surface area contributed by atoms with Crippen LogP contribution >= 0.6 is 0 Å². The summed E-state index contributed by atoms with van der Waals surface area (Å²) >= 11 is 0. The molecule has 0 heterocycles. The molecule has 8 heteroatoms. The second-order valence-electron chi connectivity index (χ2n) is 4.91. The summed E-state index contributed by atoms with van der Waals surface area (Å²) < 4.78 is 9.68. The van der Waals surface area contributed by atoms with Gasteiger partial charge in [0.15, 0.2) is 0 Å². The molecule has 138 valence electrons. The number of esters is 2. The van der Waals surface area contributed by atoms with Gasteiger partial charge in [0, 0.05) is 25.2 Å². The lowest BCUT2D eigenvalue weighted by Gasteiger charge is -2.20. The second-order valence-corrected chi connectivity index (χ2v) is 4.91. The van der Waals surface area contributed by atoms with E-state index in [4.69, 9.17) is 9.47 Å². The smallest absolute Gasteiger partial charge is 0.333 e. The largest absolute Gasteiger partial charge is 0.462 e. The monoisotopic (exact) mass is 352 g/mol. The van der Waals surface area contributed by atoms with E-state index in [-0.39, 0.29) is 56.7 Å². The highest BCUT2D eigenvalue weighted by atomic mass is 16.6. The lowest BCUT2D eigenvalue weighted by molar-refractivity contribution is -0.150. The molecule has 0 saturated carbocycles. The van der Waals surface area contributed by atoms with Crippen molar-refractivity contribution in [1.29, 1.82) is 0 Å². The van der Waals surface area contributed by atoms with Gasteiger partial charge in [0.1, 0.15) is 13.2 Å². The van der Waals surface area contributed by atoms with Gasteiger partial charge >= 0.3 is 11.9 Å². The van der Waals surface area contributed by atoms with E-state index < -0.39 is 11.9 Å². The maximum absolute atomic E-state index is 11.7. The lowest BCUT2D eigenvalue weighted by Crippen LogP contribution is -2.38. The third-order valence-electron chi connectivity index (χ3n) is 2.87. The first kappa shape index (κ1) is 22.1. The minimum absolute atomic E-state index is 0.0383. The fourth-order valence-electron chi connectivity index (χ4n) is 1.56. The molecule has 0 unspecified atom stereocenters. The fraction of sp³-hybridized carbons (Fsp3) is 0.412. The highest BCUT2D eigenvalue weighted by Crippen LogP contribution is 1.97. The summed E-state index contributed by atoms with van der Waals surface area (Å²) in [6.45, 7) is 12.0. The van der Waals surface area contributed by atoms with E-state index in [9.17, 15) is 19.2 Å². The zero-order chi connectivity index (χ0) is 19.2. The molecule has 2 amide bonds. The SMILES string of the molecule is C=CC(=O)NCCN(CCC(=O)OCCOC(=O)C(=C)C)C(=O)C=C. The number of carbonyl (C=O) groups excluding carboxylic acids is 4. The molecular weight excluding hydrogens is 328 g/mol. The first-order chi connectivity index (χ1) is 11.8. The van der Waals surface area contributed by atoms with Gasteiger partial charge in [0.2, 0.25) is 11.8 Å². The summed E-state index contributed by atoms with van der Waals surface area (Å²) in [5.41, 5.74) is 0.258. The van der Waals surface area contributed by atoms with Crippen molar-refractivity contribution in [3.05, 3.63) is 37.5 Å². The van der Waals surface area contributed by atoms with Crippen LogP contribution in [0.15, 0.2) is 37.5 Å². The molecule has 0 aromatic rings. The van der Waals surface area contributed by atoms with E-state index in [1.807, 2.05) is 0 Å². The van der Waals surface area contributed by atoms with Crippen molar-refractivity contribution < 1.29 is 28.7 Å². The van der Waals surface area contributed by atoms with Crippen LogP contribution in [0, 0.1) is 0 Å². The topological polar surface area (TPSA) is 102 Å². The highest BCUT2D eigenvalue weighted by molar-refractivity contribution is 5.88. The molecule has 0 fully saturated rings. The maximum atomic E-state index is 11.7. The predicted octanol–water partition coefficient (Wildman–Crippen LogP) is 0.356. The lowest BCUT2D eigenvalue weighted by atomic mass is 10.3. The summed E-state index contributed by atoms with van der Waals surface area (Å²) in [7, 11) is 0. The van der Waals surface area contributed by atoms with E-state index in [1.165, 1.54) is 11.8 Å². The van der Waals surface area contributed by atoms with Crippen LogP contribution in [0.4, 0.5) is 0 Å². The van der Waals surface area contributed by atoms with Gasteiger partial charge in [-0.25, -0.2) is 4.79 Å².